The lowest BCUT2D eigenvalue weighted by Gasteiger charge is -2.32. The zero-order chi connectivity index (χ0) is 21.9. The Morgan fingerprint density at radius 2 is 1.37 bits per heavy atom. The quantitative estimate of drug-likeness (QED) is 0.345. The van der Waals surface area contributed by atoms with Crippen molar-refractivity contribution >= 4 is 24.1 Å². The Morgan fingerprint density at radius 1 is 0.833 bits per heavy atom. The summed E-state index contributed by atoms with van der Waals surface area (Å²) in [4.78, 5) is 12.1. The van der Waals surface area contributed by atoms with Gasteiger partial charge in [-0.2, -0.15) is 0 Å². The fraction of sp³-hybridized carbons (Fsp3) is 0.400. The average Bonchev–Trinajstić information content (AvgIpc) is 2.93. The van der Waals surface area contributed by atoms with Gasteiger partial charge in [-0.25, -0.2) is 4.79 Å². The number of rotatable bonds is 6. The number of hydrogen-bond acceptors (Lipinski definition) is 4. The molecular formula is C25H31BO4. The van der Waals surface area contributed by atoms with Crippen LogP contribution in [0.1, 0.15) is 69.4 Å². The Labute approximate surface area is 180 Å². The van der Waals surface area contributed by atoms with E-state index in [1.54, 1.807) is 19.1 Å². The van der Waals surface area contributed by atoms with Gasteiger partial charge in [0.25, 0.3) is 0 Å². The van der Waals surface area contributed by atoms with E-state index < -0.39 is 18.3 Å². The summed E-state index contributed by atoms with van der Waals surface area (Å²) in [5.41, 5.74) is 3.93. The van der Waals surface area contributed by atoms with E-state index in [2.05, 4.69) is 46.8 Å². The summed E-state index contributed by atoms with van der Waals surface area (Å²) in [6, 6.07) is 17.8. The summed E-state index contributed by atoms with van der Waals surface area (Å²) in [6.07, 6.45) is 0.822. The molecule has 0 amide bonds. The fourth-order valence-corrected chi connectivity index (χ4v) is 3.60. The molecule has 1 aliphatic heterocycles. The van der Waals surface area contributed by atoms with Crippen LogP contribution in [0.3, 0.4) is 0 Å². The van der Waals surface area contributed by atoms with E-state index in [4.69, 9.17) is 14.0 Å². The van der Waals surface area contributed by atoms with Gasteiger partial charge in [0.1, 0.15) is 0 Å². The molecule has 0 spiro atoms. The predicted molar refractivity (Wildman–Crippen MR) is 122 cm³/mol. The van der Waals surface area contributed by atoms with Crippen molar-refractivity contribution in [2.24, 2.45) is 0 Å². The standard InChI is InChI=1S/C25H31BO4/c1-7-21(18-12-10-9-11-13-18)22(26-29-24(3,4)25(5,6)30-26)19-14-16-20(17-15-19)23(27)28-8-2/h9-17H,7-8H2,1-6H3/b22-21+. The van der Waals surface area contributed by atoms with E-state index in [1.165, 1.54) is 0 Å². The average molecular weight is 406 g/mol. The lowest BCUT2D eigenvalue weighted by molar-refractivity contribution is 0.00578. The Hall–Kier alpha value is -2.37. The van der Waals surface area contributed by atoms with Crippen LogP contribution in [-0.2, 0) is 14.0 Å². The normalized spacial score (nSPS) is 18.1. The molecular weight excluding hydrogens is 375 g/mol. The Kier molecular flexibility index (Phi) is 6.54. The smallest absolute Gasteiger partial charge is 0.462 e. The monoisotopic (exact) mass is 406 g/mol. The highest BCUT2D eigenvalue weighted by atomic mass is 16.7. The summed E-state index contributed by atoms with van der Waals surface area (Å²) in [5, 5.41) is 0. The van der Waals surface area contributed by atoms with Gasteiger partial charge >= 0.3 is 13.1 Å². The maximum Gasteiger partial charge on any atom is 0.495 e. The fourth-order valence-electron chi connectivity index (χ4n) is 3.60. The third-order valence-corrected chi connectivity index (χ3v) is 6.00. The molecule has 0 unspecified atom stereocenters. The molecule has 3 rings (SSSR count). The molecule has 0 bridgehead atoms. The molecule has 0 atom stereocenters. The molecule has 1 fully saturated rings. The van der Waals surface area contributed by atoms with Gasteiger partial charge in [-0.3, -0.25) is 0 Å². The highest BCUT2D eigenvalue weighted by Crippen LogP contribution is 2.43. The molecule has 30 heavy (non-hydrogen) atoms. The number of carbonyl (C=O) groups is 1. The molecule has 1 saturated heterocycles. The van der Waals surface area contributed by atoms with Crippen molar-refractivity contribution in [3.05, 3.63) is 71.3 Å². The summed E-state index contributed by atoms with van der Waals surface area (Å²) in [6.45, 7) is 12.5. The number of benzene rings is 2. The molecule has 0 saturated carbocycles. The second-order valence-electron chi connectivity index (χ2n) is 8.50. The van der Waals surface area contributed by atoms with Crippen LogP contribution in [-0.4, -0.2) is 30.9 Å². The third-order valence-electron chi connectivity index (χ3n) is 6.00. The second kappa shape index (κ2) is 8.79. The summed E-state index contributed by atoms with van der Waals surface area (Å²) in [5.74, 6) is -0.316. The SMILES string of the molecule is CCOC(=O)c1ccc(/C(B2OC(C)(C)C(C)(C)O2)=C(/CC)c2ccccc2)cc1. The number of ether oxygens (including phenoxy) is 1. The first kappa shape index (κ1) is 22.3. The van der Waals surface area contributed by atoms with E-state index >= 15 is 0 Å². The molecule has 158 valence electrons. The summed E-state index contributed by atoms with van der Waals surface area (Å²) < 4.78 is 18.0. The second-order valence-corrected chi connectivity index (χ2v) is 8.50. The zero-order valence-electron chi connectivity index (χ0n) is 18.8. The zero-order valence-corrected chi connectivity index (χ0v) is 18.8. The number of hydrogen-bond donors (Lipinski definition) is 0. The number of esters is 1. The van der Waals surface area contributed by atoms with E-state index in [1.807, 2.05) is 30.3 Å². The molecule has 4 nitrogen and oxygen atoms in total. The molecule has 2 aromatic carbocycles. The topological polar surface area (TPSA) is 44.8 Å². The van der Waals surface area contributed by atoms with Crippen LogP contribution in [0.5, 0.6) is 0 Å². The third kappa shape index (κ3) is 4.37. The molecule has 0 N–H and O–H groups in total. The largest absolute Gasteiger partial charge is 0.495 e. The number of carbonyl (C=O) groups excluding carboxylic acids is 1. The first-order valence-corrected chi connectivity index (χ1v) is 10.6. The Morgan fingerprint density at radius 3 is 1.87 bits per heavy atom. The molecule has 1 heterocycles. The van der Waals surface area contributed by atoms with Gasteiger partial charge in [0.05, 0.1) is 23.4 Å². The van der Waals surface area contributed by atoms with Crippen LogP contribution in [0.4, 0.5) is 0 Å². The Balaban J connectivity index is 2.12. The van der Waals surface area contributed by atoms with Gasteiger partial charge in [0.15, 0.2) is 0 Å². The van der Waals surface area contributed by atoms with Gasteiger partial charge in [0, 0.05) is 0 Å². The van der Waals surface area contributed by atoms with Gasteiger partial charge < -0.3 is 14.0 Å². The van der Waals surface area contributed by atoms with Crippen molar-refractivity contribution in [3.63, 3.8) is 0 Å². The predicted octanol–water partition coefficient (Wildman–Crippen LogP) is 5.82. The van der Waals surface area contributed by atoms with E-state index in [9.17, 15) is 4.79 Å². The maximum absolute atomic E-state index is 12.1. The van der Waals surface area contributed by atoms with Crippen molar-refractivity contribution in [2.75, 3.05) is 6.61 Å². The minimum atomic E-state index is -0.501. The first-order valence-electron chi connectivity index (χ1n) is 10.6. The van der Waals surface area contributed by atoms with Crippen LogP contribution < -0.4 is 0 Å². The van der Waals surface area contributed by atoms with Crippen molar-refractivity contribution < 1.29 is 18.8 Å². The lowest BCUT2D eigenvalue weighted by atomic mass is 9.69. The van der Waals surface area contributed by atoms with Gasteiger partial charge in [-0.15, -0.1) is 0 Å². The van der Waals surface area contributed by atoms with Crippen molar-refractivity contribution in [1.82, 2.24) is 0 Å². The molecule has 0 radical (unpaired) electrons. The minimum Gasteiger partial charge on any atom is -0.462 e. The van der Waals surface area contributed by atoms with Gasteiger partial charge in [-0.05, 0) is 75.3 Å². The van der Waals surface area contributed by atoms with E-state index in [-0.39, 0.29) is 5.97 Å². The van der Waals surface area contributed by atoms with Gasteiger partial charge in [-0.1, -0.05) is 49.4 Å². The van der Waals surface area contributed by atoms with Gasteiger partial charge in [0.2, 0.25) is 0 Å². The van der Waals surface area contributed by atoms with Crippen LogP contribution in [0.15, 0.2) is 54.6 Å². The highest BCUT2D eigenvalue weighted by molar-refractivity contribution is 6.71. The lowest BCUT2D eigenvalue weighted by Crippen LogP contribution is -2.41. The summed E-state index contributed by atoms with van der Waals surface area (Å²) >= 11 is 0. The van der Waals surface area contributed by atoms with Crippen molar-refractivity contribution in [1.29, 1.82) is 0 Å². The minimum absolute atomic E-state index is 0.316. The Bertz CT molecular complexity index is 898. The maximum atomic E-state index is 12.1. The van der Waals surface area contributed by atoms with Crippen LogP contribution in [0, 0.1) is 0 Å². The molecule has 2 aromatic rings. The van der Waals surface area contributed by atoms with Crippen LogP contribution in [0.25, 0.3) is 11.0 Å². The molecule has 5 heteroatoms. The van der Waals surface area contributed by atoms with Crippen LogP contribution >= 0.6 is 0 Å². The van der Waals surface area contributed by atoms with Crippen molar-refractivity contribution in [2.45, 2.75) is 59.2 Å². The van der Waals surface area contributed by atoms with Crippen LogP contribution in [0.2, 0.25) is 0 Å². The number of allylic oxidation sites excluding steroid dienone is 1. The molecule has 0 aliphatic carbocycles. The molecule has 1 aliphatic rings. The van der Waals surface area contributed by atoms with E-state index in [0.29, 0.717) is 12.2 Å². The van der Waals surface area contributed by atoms with Crippen molar-refractivity contribution in [3.8, 4) is 0 Å². The first-order chi connectivity index (χ1) is 14.2. The van der Waals surface area contributed by atoms with E-state index in [0.717, 1.165) is 28.6 Å². The summed E-state index contributed by atoms with van der Waals surface area (Å²) in [7, 11) is -0.501. The highest BCUT2D eigenvalue weighted by Gasteiger charge is 2.53. The molecule has 0 aromatic heterocycles.